The van der Waals surface area contributed by atoms with Crippen molar-refractivity contribution >= 4 is 37.5 Å². The number of hydrogen-bond acceptors (Lipinski definition) is 2. The Kier molecular flexibility index (Phi) is 4.54. The lowest BCUT2D eigenvalue weighted by atomic mass is 10.1. The third kappa shape index (κ3) is 3.06. The van der Waals surface area contributed by atoms with E-state index in [2.05, 4.69) is 31.9 Å². The number of nitro groups is 1. The number of rotatable bonds is 4. The van der Waals surface area contributed by atoms with Gasteiger partial charge >= 0.3 is 0 Å². The molecule has 0 N–H and O–H groups in total. The van der Waals surface area contributed by atoms with E-state index in [0.717, 1.165) is 22.9 Å². The van der Waals surface area contributed by atoms with E-state index in [1.165, 1.54) is 0 Å². The first kappa shape index (κ1) is 11.7. The average Bonchev–Trinajstić information content (AvgIpc) is 2.17. The van der Waals surface area contributed by atoms with E-state index in [4.69, 9.17) is 0 Å². The molecule has 0 saturated heterocycles. The van der Waals surface area contributed by atoms with Crippen LogP contribution >= 0.6 is 31.9 Å². The molecule has 0 aliphatic heterocycles. The Labute approximate surface area is 98.9 Å². The molecule has 0 aliphatic carbocycles. The van der Waals surface area contributed by atoms with E-state index >= 15 is 0 Å². The Morgan fingerprint density at radius 1 is 1.21 bits per heavy atom. The van der Waals surface area contributed by atoms with Crippen molar-refractivity contribution in [1.29, 1.82) is 0 Å². The lowest BCUT2D eigenvalue weighted by molar-refractivity contribution is -0.385. The molecule has 0 unspecified atom stereocenters. The van der Waals surface area contributed by atoms with Gasteiger partial charge in [0.2, 0.25) is 0 Å². The molecule has 5 heteroatoms. The number of aryl methyl sites for hydroxylation is 1. The van der Waals surface area contributed by atoms with Crippen molar-refractivity contribution in [2.75, 3.05) is 5.33 Å². The zero-order chi connectivity index (χ0) is 10.6. The third-order valence-electron chi connectivity index (χ3n) is 1.79. The molecule has 76 valence electrons. The van der Waals surface area contributed by atoms with Crippen LogP contribution in [0.1, 0.15) is 11.1 Å². The van der Waals surface area contributed by atoms with Crippen molar-refractivity contribution in [2.24, 2.45) is 0 Å². The van der Waals surface area contributed by atoms with E-state index < -0.39 is 0 Å². The van der Waals surface area contributed by atoms with E-state index in [9.17, 15) is 10.1 Å². The molecular formula is C9H9Br2NO2. The highest BCUT2D eigenvalue weighted by atomic mass is 79.9. The first-order chi connectivity index (χ1) is 6.67. The largest absolute Gasteiger partial charge is 0.270 e. The molecule has 0 radical (unpaired) electrons. The predicted octanol–water partition coefficient (Wildman–Crippen LogP) is 3.43. The molecule has 0 aromatic heterocycles. The summed E-state index contributed by atoms with van der Waals surface area (Å²) in [6, 6.07) is 5.18. The Morgan fingerprint density at radius 3 is 2.36 bits per heavy atom. The molecule has 0 atom stereocenters. The smallest absolute Gasteiger partial charge is 0.258 e. The van der Waals surface area contributed by atoms with Crippen molar-refractivity contribution in [3.63, 3.8) is 0 Å². The fraction of sp³-hybridized carbons (Fsp3) is 0.333. The summed E-state index contributed by atoms with van der Waals surface area (Å²) in [5.74, 6) is 0. The lowest BCUT2D eigenvalue weighted by Gasteiger charge is -2.01. The molecule has 0 bridgehead atoms. The van der Waals surface area contributed by atoms with Gasteiger partial charge in [0, 0.05) is 22.8 Å². The van der Waals surface area contributed by atoms with E-state index in [0.29, 0.717) is 5.33 Å². The molecule has 3 nitrogen and oxygen atoms in total. The van der Waals surface area contributed by atoms with Gasteiger partial charge in [-0.15, -0.1) is 0 Å². The molecule has 0 heterocycles. The molecule has 1 aromatic rings. The lowest BCUT2D eigenvalue weighted by Crippen LogP contribution is -1.94. The third-order valence-corrected chi connectivity index (χ3v) is 2.83. The molecular weight excluding hydrogens is 314 g/mol. The number of alkyl halides is 2. The second kappa shape index (κ2) is 5.46. The van der Waals surface area contributed by atoms with E-state index in [-0.39, 0.29) is 10.6 Å². The molecule has 1 rings (SSSR count). The zero-order valence-electron chi connectivity index (χ0n) is 7.37. The van der Waals surface area contributed by atoms with Crippen molar-refractivity contribution in [3.05, 3.63) is 39.4 Å². The number of halogens is 2. The SMILES string of the molecule is O=[N+]([O-])c1cc(CBr)cc(CCBr)c1. The topological polar surface area (TPSA) is 43.1 Å². The van der Waals surface area contributed by atoms with Crippen LogP contribution in [0.15, 0.2) is 18.2 Å². The van der Waals surface area contributed by atoms with Crippen LogP contribution in [0.2, 0.25) is 0 Å². The summed E-state index contributed by atoms with van der Waals surface area (Å²) in [5.41, 5.74) is 2.10. The maximum Gasteiger partial charge on any atom is 0.270 e. The minimum Gasteiger partial charge on any atom is -0.258 e. The average molecular weight is 323 g/mol. The molecule has 0 fully saturated rings. The standard InChI is InChI=1S/C9H9Br2NO2/c10-2-1-7-3-8(6-11)5-9(4-7)12(13)14/h3-5H,1-2,6H2. The highest BCUT2D eigenvalue weighted by Crippen LogP contribution is 2.19. The normalized spacial score (nSPS) is 10.1. The van der Waals surface area contributed by atoms with Gasteiger partial charge in [0.1, 0.15) is 0 Å². The molecule has 1 aromatic carbocycles. The number of nitrogens with zero attached hydrogens (tertiary/aromatic N) is 1. The Hall–Kier alpha value is -0.420. The van der Waals surface area contributed by atoms with Crippen LogP contribution < -0.4 is 0 Å². The fourth-order valence-electron chi connectivity index (χ4n) is 1.18. The summed E-state index contributed by atoms with van der Waals surface area (Å²) in [5, 5.41) is 12.1. The second-order valence-corrected chi connectivity index (χ2v) is 4.19. The summed E-state index contributed by atoms with van der Waals surface area (Å²) in [6.07, 6.45) is 0.807. The first-order valence-corrected chi connectivity index (χ1v) is 6.31. The number of nitro benzene ring substituents is 1. The van der Waals surface area contributed by atoms with Crippen LogP contribution in [-0.4, -0.2) is 10.3 Å². The highest BCUT2D eigenvalue weighted by Gasteiger charge is 2.08. The van der Waals surface area contributed by atoms with Crippen molar-refractivity contribution in [1.82, 2.24) is 0 Å². The minimum atomic E-state index is -0.357. The number of non-ortho nitro benzene ring substituents is 1. The summed E-state index contributed by atoms with van der Waals surface area (Å²) in [4.78, 5) is 10.2. The minimum absolute atomic E-state index is 0.165. The summed E-state index contributed by atoms with van der Waals surface area (Å²) in [7, 11) is 0. The Bertz CT molecular complexity index is 342. The Morgan fingerprint density at radius 2 is 1.86 bits per heavy atom. The second-order valence-electron chi connectivity index (χ2n) is 2.84. The molecule has 0 amide bonds. The van der Waals surface area contributed by atoms with Crippen molar-refractivity contribution < 1.29 is 4.92 Å². The maximum atomic E-state index is 10.6. The summed E-state index contributed by atoms with van der Waals surface area (Å²) < 4.78 is 0. The van der Waals surface area contributed by atoms with Crippen molar-refractivity contribution in [3.8, 4) is 0 Å². The van der Waals surface area contributed by atoms with Gasteiger partial charge in [0.15, 0.2) is 0 Å². The number of benzene rings is 1. The van der Waals surface area contributed by atoms with Gasteiger partial charge in [-0.25, -0.2) is 0 Å². The van der Waals surface area contributed by atoms with Crippen LogP contribution in [0.3, 0.4) is 0 Å². The van der Waals surface area contributed by atoms with Crippen LogP contribution in [-0.2, 0) is 11.8 Å². The van der Waals surface area contributed by atoms with Crippen LogP contribution in [0.5, 0.6) is 0 Å². The quantitative estimate of drug-likeness (QED) is 0.484. The molecule has 14 heavy (non-hydrogen) atoms. The summed E-state index contributed by atoms with van der Waals surface area (Å²) in [6.45, 7) is 0. The monoisotopic (exact) mass is 321 g/mol. The highest BCUT2D eigenvalue weighted by molar-refractivity contribution is 9.09. The van der Waals surface area contributed by atoms with Crippen LogP contribution in [0, 0.1) is 10.1 Å². The van der Waals surface area contributed by atoms with Gasteiger partial charge in [0.05, 0.1) is 4.92 Å². The fourth-order valence-corrected chi connectivity index (χ4v) is 1.96. The van der Waals surface area contributed by atoms with Gasteiger partial charge < -0.3 is 0 Å². The van der Waals surface area contributed by atoms with Crippen LogP contribution in [0.25, 0.3) is 0 Å². The van der Waals surface area contributed by atoms with Gasteiger partial charge in [-0.2, -0.15) is 0 Å². The predicted molar refractivity (Wildman–Crippen MR) is 63.2 cm³/mol. The molecule has 0 spiro atoms. The summed E-state index contributed by atoms with van der Waals surface area (Å²) >= 11 is 6.60. The van der Waals surface area contributed by atoms with Crippen LogP contribution in [0.4, 0.5) is 5.69 Å². The molecule has 0 aliphatic rings. The first-order valence-electron chi connectivity index (χ1n) is 4.06. The van der Waals surface area contributed by atoms with E-state index in [1.54, 1.807) is 12.1 Å². The Balaban J connectivity index is 3.06. The van der Waals surface area contributed by atoms with Gasteiger partial charge in [-0.1, -0.05) is 37.9 Å². The van der Waals surface area contributed by atoms with Gasteiger partial charge in [-0.05, 0) is 17.5 Å². The van der Waals surface area contributed by atoms with Gasteiger partial charge in [0.25, 0.3) is 5.69 Å². The zero-order valence-corrected chi connectivity index (χ0v) is 10.5. The number of hydrogen-bond donors (Lipinski definition) is 0. The molecule has 0 saturated carbocycles. The van der Waals surface area contributed by atoms with Gasteiger partial charge in [-0.3, -0.25) is 10.1 Å². The van der Waals surface area contributed by atoms with E-state index in [1.807, 2.05) is 6.07 Å². The van der Waals surface area contributed by atoms with Crippen molar-refractivity contribution in [2.45, 2.75) is 11.8 Å². The maximum absolute atomic E-state index is 10.6.